The van der Waals surface area contributed by atoms with Crippen LogP contribution in [0.3, 0.4) is 0 Å². The quantitative estimate of drug-likeness (QED) is 0.712. The van der Waals surface area contributed by atoms with E-state index < -0.39 is 0 Å². The predicted molar refractivity (Wildman–Crippen MR) is 62.4 cm³/mol. The number of hydrogen-bond donors (Lipinski definition) is 2. The third-order valence-corrected chi connectivity index (χ3v) is 5.44. The molecule has 0 radical (unpaired) electrons. The normalized spacial score (nSPS) is 52.1. The number of rotatable bonds is 1. The van der Waals surface area contributed by atoms with E-state index in [4.69, 9.17) is 0 Å². The number of nitrogens with one attached hydrogen (secondary N) is 1. The molecule has 2 atom stereocenters. The zero-order valence-corrected chi connectivity index (χ0v) is 10.1. The molecule has 2 amide bonds. The maximum Gasteiger partial charge on any atom is 0.317 e. The van der Waals surface area contributed by atoms with Crippen LogP contribution in [-0.4, -0.2) is 40.8 Å². The SMILES string of the molecule is O=C1NCCN1C1C2CC3CC1CC(O)(C3)C2. The van der Waals surface area contributed by atoms with E-state index in [1.807, 2.05) is 0 Å². The van der Waals surface area contributed by atoms with Gasteiger partial charge in [-0.3, -0.25) is 0 Å². The van der Waals surface area contributed by atoms with Gasteiger partial charge in [0.2, 0.25) is 0 Å². The molecular formula is C13H20N2O2. The van der Waals surface area contributed by atoms with Gasteiger partial charge in [-0.15, -0.1) is 0 Å². The number of aliphatic hydroxyl groups is 1. The van der Waals surface area contributed by atoms with E-state index in [9.17, 15) is 9.90 Å². The topological polar surface area (TPSA) is 52.6 Å². The molecule has 4 nitrogen and oxygen atoms in total. The lowest BCUT2D eigenvalue weighted by Crippen LogP contribution is -2.62. The van der Waals surface area contributed by atoms with Gasteiger partial charge in [-0.2, -0.15) is 0 Å². The first-order chi connectivity index (χ1) is 8.15. The standard InChI is InChI=1S/C13H20N2O2/c16-12-14-1-2-15(12)11-9-3-8-4-10(11)7-13(17,5-8)6-9/h8-11,17H,1-7H2,(H,14,16). The van der Waals surface area contributed by atoms with Gasteiger partial charge in [0.15, 0.2) is 0 Å². The van der Waals surface area contributed by atoms with E-state index in [1.54, 1.807) is 0 Å². The van der Waals surface area contributed by atoms with Crippen molar-refractivity contribution in [3.8, 4) is 0 Å². The summed E-state index contributed by atoms with van der Waals surface area (Å²) in [5, 5.41) is 13.4. The summed E-state index contributed by atoms with van der Waals surface area (Å²) in [6.45, 7) is 1.65. The highest BCUT2D eigenvalue weighted by Crippen LogP contribution is 2.57. The Morgan fingerprint density at radius 3 is 2.47 bits per heavy atom. The fourth-order valence-corrected chi connectivity index (χ4v) is 5.23. The van der Waals surface area contributed by atoms with Crippen LogP contribution in [0.1, 0.15) is 32.1 Å². The van der Waals surface area contributed by atoms with Crippen molar-refractivity contribution in [3.05, 3.63) is 0 Å². The van der Waals surface area contributed by atoms with Gasteiger partial charge in [-0.1, -0.05) is 0 Å². The summed E-state index contributed by atoms with van der Waals surface area (Å²) in [5.41, 5.74) is -0.386. The molecule has 2 N–H and O–H groups in total. The first-order valence-corrected chi connectivity index (χ1v) is 6.91. The first kappa shape index (κ1) is 10.2. The molecule has 4 saturated carbocycles. The van der Waals surface area contributed by atoms with Crippen LogP contribution in [0.5, 0.6) is 0 Å². The summed E-state index contributed by atoms with van der Waals surface area (Å²) in [6.07, 6.45) is 5.32. The largest absolute Gasteiger partial charge is 0.390 e. The van der Waals surface area contributed by atoms with Crippen molar-refractivity contribution in [2.45, 2.75) is 43.7 Å². The highest BCUT2D eigenvalue weighted by molar-refractivity contribution is 5.76. The zero-order chi connectivity index (χ0) is 11.6. The van der Waals surface area contributed by atoms with E-state index >= 15 is 0 Å². The molecule has 5 fully saturated rings. The minimum Gasteiger partial charge on any atom is -0.390 e. The van der Waals surface area contributed by atoms with E-state index in [-0.39, 0.29) is 11.6 Å². The number of hydrogen-bond acceptors (Lipinski definition) is 2. The van der Waals surface area contributed by atoms with Gasteiger partial charge < -0.3 is 15.3 Å². The van der Waals surface area contributed by atoms with Gasteiger partial charge in [-0.25, -0.2) is 4.79 Å². The van der Waals surface area contributed by atoms with Crippen molar-refractivity contribution in [3.63, 3.8) is 0 Å². The summed E-state index contributed by atoms with van der Waals surface area (Å²) in [6, 6.07) is 0.531. The summed E-state index contributed by atoms with van der Waals surface area (Å²) in [5.74, 6) is 1.82. The van der Waals surface area contributed by atoms with Gasteiger partial charge in [0.25, 0.3) is 0 Å². The van der Waals surface area contributed by atoms with Crippen LogP contribution in [0.2, 0.25) is 0 Å². The fraction of sp³-hybridized carbons (Fsp3) is 0.923. The van der Waals surface area contributed by atoms with Crippen LogP contribution in [0.25, 0.3) is 0 Å². The van der Waals surface area contributed by atoms with Gasteiger partial charge >= 0.3 is 6.03 Å². The molecule has 0 aromatic rings. The summed E-state index contributed by atoms with van der Waals surface area (Å²) in [7, 11) is 0. The lowest BCUT2D eigenvalue weighted by Gasteiger charge is -2.59. The second-order valence-corrected chi connectivity index (χ2v) is 6.61. The van der Waals surface area contributed by atoms with Crippen LogP contribution in [0.4, 0.5) is 4.79 Å². The lowest BCUT2D eigenvalue weighted by molar-refractivity contribution is -0.152. The van der Waals surface area contributed by atoms with Gasteiger partial charge in [-0.05, 0) is 49.9 Å². The maximum atomic E-state index is 11.8. The average Bonchev–Trinajstić information content (AvgIpc) is 2.61. The Morgan fingerprint density at radius 1 is 1.24 bits per heavy atom. The van der Waals surface area contributed by atoms with Crippen molar-refractivity contribution in [1.29, 1.82) is 0 Å². The van der Waals surface area contributed by atoms with E-state index in [0.29, 0.717) is 17.9 Å². The van der Waals surface area contributed by atoms with E-state index in [0.717, 1.165) is 38.3 Å². The molecule has 2 unspecified atom stereocenters. The van der Waals surface area contributed by atoms with Crippen molar-refractivity contribution in [2.24, 2.45) is 17.8 Å². The van der Waals surface area contributed by atoms with Crippen molar-refractivity contribution >= 4 is 6.03 Å². The third-order valence-electron chi connectivity index (χ3n) is 5.44. The predicted octanol–water partition coefficient (Wildman–Crippen LogP) is 0.951. The average molecular weight is 236 g/mol. The van der Waals surface area contributed by atoms with Gasteiger partial charge in [0.1, 0.15) is 0 Å². The first-order valence-electron chi connectivity index (χ1n) is 6.91. The number of nitrogens with zero attached hydrogens (tertiary/aromatic N) is 1. The fourth-order valence-electron chi connectivity index (χ4n) is 5.23. The highest BCUT2D eigenvalue weighted by atomic mass is 16.3. The number of amides is 2. The van der Waals surface area contributed by atoms with E-state index in [1.165, 1.54) is 12.8 Å². The molecule has 1 saturated heterocycles. The Balaban J connectivity index is 1.64. The van der Waals surface area contributed by atoms with E-state index in [2.05, 4.69) is 10.2 Å². The molecule has 0 spiro atoms. The molecule has 1 aliphatic heterocycles. The molecule has 0 aromatic heterocycles. The monoisotopic (exact) mass is 236 g/mol. The van der Waals surface area contributed by atoms with Gasteiger partial charge in [0.05, 0.1) is 5.60 Å². The van der Waals surface area contributed by atoms with Crippen LogP contribution in [-0.2, 0) is 0 Å². The van der Waals surface area contributed by atoms with Crippen LogP contribution >= 0.6 is 0 Å². The number of urea groups is 1. The number of carbonyl (C=O) groups excluding carboxylic acids is 1. The minimum absolute atomic E-state index is 0.120. The second-order valence-electron chi connectivity index (χ2n) is 6.61. The Hall–Kier alpha value is -0.770. The molecule has 5 aliphatic rings. The highest BCUT2D eigenvalue weighted by Gasteiger charge is 2.57. The van der Waals surface area contributed by atoms with Gasteiger partial charge in [0, 0.05) is 19.1 Å². The smallest absolute Gasteiger partial charge is 0.317 e. The second kappa shape index (κ2) is 3.16. The molecular weight excluding hydrogens is 216 g/mol. The van der Waals surface area contributed by atoms with Crippen molar-refractivity contribution in [2.75, 3.05) is 13.1 Å². The van der Waals surface area contributed by atoms with Crippen LogP contribution < -0.4 is 5.32 Å². The summed E-state index contributed by atoms with van der Waals surface area (Å²) < 4.78 is 0. The summed E-state index contributed by atoms with van der Waals surface area (Å²) >= 11 is 0. The molecule has 94 valence electrons. The van der Waals surface area contributed by atoms with Crippen molar-refractivity contribution < 1.29 is 9.90 Å². The third kappa shape index (κ3) is 1.36. The van der Waals surface area contributed by atoms with Crippen LogP contribution in [0, 0.1) is 17.8 Å². The molecule has 4 aliphatic carbocycles. The summed E-state index contributed by atoms with van der Waals surface area (Å²) in [4.78, 5) is 13.9. The molecule has 4 bridgehead atoms. The maximum absolute atomic E-state index is 11.8. The molecule has 5 rings (SSSR count). The van der Waals surface area contributed by atoms with Crippen LogP contribution in [0.15, 0.2) is 0 Å². The lowest BCUT2D eigenvalue weighted by atomic mass is 9.52. The Morgan fingerprint density at radius 2 is 1.94 bits per heavy atom. The Kier molecular flexibility index (Phi) is 1.89. The van der Waals surface area contributed by atoms with Crippen molar-refractivity contribution in [1.82, 2.24) is 10.2 Å². The zero-order valence-electron chi connectivity index (χ0n) is 10.1. The Labute approximate surface area is 101 Å². The molecule has 0 aromatic carbocycles. The molecule has 17 heavy (non-hydrogen) atoms. The minimum atomic E-state index is -0.386. The molecule has 4 heteroatoms. The number of carbonyl (C=O) groups is 1. The Bertz CT molecular complexity index is 354. The molecule has 1 heterocycles.